The minimum atomic E-state index is 0.417. The third-order valence-corrected chi connectivity index (χ3v) is 5.87. The second kappa shape index (κ2) is 8.48. The molecule has 2 aromatic heterocycles. The van der Waals surface area contributed by atoms with Gasteiger partial charge < -0.3 is 9.09 Å². The van der Waals surface area contributed by atoms with E-state index in [0.29, 0.717) is 5.92 Å². The number of aryl methyl sites for hydroxylation is 1. The topological polar surface area (TPSA) is 76.1 Å². The van der Waals surface area contributed by atoms with Crippen LogP contribution in [-0.4, -0.2) is 60.9 Å². The van der Waals surface area contributed by atoms with Crippen LogP contribution < -0.4 is 0 Å². The van der Waals surface area contributed by atoms with Crippen molar-refractivity contribution < 1.29 is 4.52 Å². The van der Waals surface area contributed by atoms with Crippen LogP contribution in [0.5, 0.6) is 0 Å². The highest BCUT2D eigenvalue weighted by Gasteiger charge is 2.27. The maximum atomic E-state index is 5.37. The van der Waals surface area contributed by atoms with Crippen LogP contribution in [-0.2, 0) is 26.6 Å². The first-order valence-corrected chi connectivity index (χ1v) is 10.4. The Labute approximate surface area is 160 Å². The van der Waals surface area contributed by atoms with E-state index in [-0.39, 0.29) is 0 Å². The van der Waals surface area contributed by atoms with Crippen LogP contribution >= 0.6 is 0 Å². The summed E-state index contributed by atoms with van der Waals surface area (Å²) in [4.78, 5) is 9.36. The Morgan fingerprint density at radius 3 is 2.59 bits per heavy atom. The Balaban J connectivity index is 1.39. The second-order valence-corrected chi connectivity index (χ2v) is 7.90. The highest BCUT2D eigenvalue weighted by Crippen LogP contribution is 2.27. The summed E-state index contributed by atoms with van der Waals surface area (Å²) in [6, 6.07) is 0. The molecule has 0 spiro atoms. The largest absolute Gasteiger partial charge is 0.338 e. The molecule has 0 amide bonds. The van der Waals surface area contributed by atoms with Crippen molar-refractivity contribution in [3.63, 3.8) is 0 Å². The lowest BCUT2D eigenvalue weighted by Gasteiger charge is -2.31. The monoisotopic (exact) mass is 373 g/mol. The first-order chi connectivity index (χ1) is 13.2. The minimum absolute atomic E-state index is 0.417. The van der Waals surface area contributed by atoms with E-state index in [1.54, 1.807) is 0 Å². The highest BCUT2D eigenvalue weighted by molar-refractivity contribution is 5.04. The molecule has 0 unspecified atom stereocenters. The van der Waals surface area contributed by atoms with E-state index < -0.39 is 0 Å². The fourth-order valence-corrected chi connectivity index (χ4v) is 4.29. The molecule has 2 aliphatic heterocycles. The smallest absolute Gasteiger partial charge is 0.240 e. The lowest BCUT2D eigenvalue weighted by molar-refractivity contribution is 0.172. The van der Waals surface area contributed by atoms with Crippen molar-refractivity contribution in [1.29, 1.82) is 0 Å². The van der Waals surface area contributed by atoms with Gasteiger partial charge in [0.05, 0.1) is 13.1 Å². The fraction of sp³-hybridized carbons (Fsp3) is 0.789. The predicted octanol–water partition coefficient (Wildman–Crippen LogP) is 2.13. The number of rotatable bonds is 6. The van der Waals surface area contributed by atoms with Gasteiger partial charge in [0.1, 0.15) is 11.6 Å². The first-order valence-electron chi connectivity index (χ1n) is 10.4. The number of aromatic nitrogens is 5. The van der Waals surface area contributed by atoms with Crippen LogP contribution in [0.15, 0.2) is 4.52 Å². The zero-order chi connectivity index (χ0) is 18.6. The number of nitrogens with zero attached hydrogens (tertiary/aromatic N) is 7. The molecular formula is C19H31N7O. The van der Waals surface area contributed by atoms with E-state index in [0.717, 1.165) is 68.8 Å². The molecule has 4 heterocycles. The van der Waals surface area contributed by atoms with E-state index in [4.69, 9.17) is 4.52 Å². The van der Waals surface area contributed by atoms with Gasteiger partial charge in [0.25, 0.3) is 0 Å². The molecule has 27 heavy (non-hydrogen) atoms. The molecule has 0 saturated carbocycles. The molecule has 2 aliphatic rings. The van der Waals surface area contributed by atoms with Crippen LogP contribution in [0.1, 0.15) is 68.3 Å². The molecule has 2 fully saturated rings. The average molecular weight is 374 g/mol. The summed E-state index contributed by atoms with van der Waals surface area (Å²) in [7, 11) is 2.12. The summed E-state index contributed by atoms with van der Waals surface area (Å²) in [6.45, 7) is 8.09. The van der Waals surface area contributed by atoms with Gasteiger partial charge in [-0.05, 0) is 45.3 Å². The van der Waals surface area contributed by atoms with Gasteiger partial charge in [0, 0.05) is 25.9 Å². The Hall–Kier alpha value is -1.80. The van der Waals surface area contributed by atoms with Crippen LogP contribution in [0.3, 0.4) is 0 Å². The summed E-state index contributed by atoms with van der Waals surface area (Å²) in [5.41, 5.74) is 0. The molecule has 2 aromatic rings. The van der Waals surface area contributed by atoms with E-state index >= 15 is 0 Å². The maximum Gasteiger partial charge on any atom is 0.240 e. The van der Waals surface area contributed by atoms with Crippen LogP contribution in [0.2, 0.25) is 0 Å². The zero-order valence-electron chi connectivity index (χ0n) is 16.6. The van der Waals surface area contributed by atoms with E-state index in [9.17, 15) is 0 Å². The third-order valence-electron chi connectivity index (χ3n) is 5.87. The van der Waals surface area contributed by atoms with Gasteiger partial charge in [-0.1, -0.05) is 18.5 Å². The third kappa shape index (κ3) is 4.38. The molecule has 4 rings (SSSR count). The molecule has 2 saturated heterocycles. The second-order valence-electron chi connectivity index (χ2n) is 7.90. The van der Waals surface area contributed by atoms with Crippen molar-refractivity contribution in [3.05, 3.63) is 23.4 Å². The standard InChI is InChI=1S/C19H31N7O/c1-3-16-20-18(27-23-16)14-26-11-7-8-15(12-26)19-22-21-17(24(19)2)13-25-9-5-4-6-10-25/h15H,3-14H2,1-2H3/t15-/m1/s1. The molecule has 0 aliphatic carbocycles. The van der Waals surface area contributed by atoms with Crippen molar-refractivity contribution in [2.75, 3.05) is 26.2 Å². The fourth-order valence-electron chi connectivity index (χ4n) is 4.29. The molecule has 0 aromatic carbocycles. The number of hydrogen-bond donors (Lipinski definition) is 0. The van der Waals surface area contributed by atoms with Crippen LogP contribution in [0.25, 0.3) is 0 Å². The van der Waals surface area contributed by atoms with E-state index in [2.05, 4.69) is 41.8 Å². The SMILES string of the molecule is CCc1noc(CN2CCC[C@@H](c3nnc(CN4CCCCC4)n3C)C2)n1. The number of likely N-dealkylation sites (tertiary alicyclic amines) is 2. The van der Waals surface area contributed by atoms with Crippen molar-refractivity contribution >= 4 is 0 Å². The van der Waals surface area contributed by atoms with Gasteiger partial charge in [-0.15, -0.1) is 10.2 Å². The van der Waals surface area contributed by atoms with Crippen LogP contribution in [0.4, 0.5) is 0 Å². The van der Waals surface area contributed by atoms with Gasteiger partial charge in [-0.25, -0.2) is 0 Å². The van der Waals surface area contributed by atoms with Gasteiger partial charge in [0.2, 0.25) is 5.89 Å². The number of piperidine rings is 2. The molecule has 0 radical (unpaired) electrons. The number of hydrogen-bond acceptors (Lipinski definition) is 7. The summed E-state index contributed by atoms with van der Waals surface area (Å²) >= 11 is 0. The lowest BCUT2D eigenvalue weighted by atomic mass is 9.97. The normalized spacial score (nSPS) is 22.4. The van der Waals surface area contributed by atoms with Gasteiger partial charge in [0.15, 0.2) is 5.82 Å². The quantitative estimate of drug-likeness (QED) is 0.768. The van der Waals surface area contributed by atoms with Crippen molar-refractivity contribution in [3.8, 4) is 0 Å². The molecule has 1 atom stereocenters. The van der Waals surface area contributed by atoms with Crippen molar-refractivity contribution in [2.24, 2.45) is 7.05 Å². The molecule has 8 heteroatoms. The van der Waals surface area contributed by atoms with E-state index in [1.165, 1.54) is 32.4 Å². The van der Waals surface area contributed by atoms with Gasteiger partial charge >= 0.3 is 0 Å². The molecule has 0 N–H and O–H groups in total. The highest BCUT2D eigenvalue weighted by atomic mass is 16.5. The Morgan fingerprint density at radius 2 is 1.81 bits per heavy atom. The summed E-state index contributed by atoms with van der Waals surface area (Å²) < 4.78 is 7.60. The summed E-state index contributed by atoms with van der Waals surface area (Å²) in [5.74, 6) is 4.13. The minimum Gasteiger partial charge on any atom is -0.338 e. The Kier molecular flexibility index (Phi) is 5.83. The predicted molar refractivity (Wildman–Crippen MR) is 101 cm³/mol. The molecule has 148 valence electrons. The zero-order valence-corrected chi connectivity index (χ0v) is 16.6. The molecule has 0 bridgehead atoms. The van der Waals surface area contributed by atoms with Crippen molar-refractivity contribution in [2.45, 2.75) is 64.5 Å². The van der Waals surface area contributed by atoms with Crippen molar-refractivity contribution in [1.82, 2.24) is 34.7 Å². The first kappa shape index (κ1) is 18.6. The maximum absolute atomic E-state index is 5.37. The molecular weight excluding hydrogens is 342 g/mol. The van der Waals surface area contributed by atoms with Crippen LogP contribution in [0, 0.1) is 0 Å². The van der Waals surface area contributed by atoms with Gasteiger partial charge in [-0.3, -0.25) is 9.80 Å². The van der Waals surface area contributed by atoms with E-state index in [1.807, 2.05) is 6.92 Å². The van der Waals surface area contributed by atoms with Gasteiger partial charge in [-0.2, -0.15) is 4.98 Å². The summed E-state index contributed by atoms with van der Waals surface area (Å²) in [6.07, 6.45) is 7.10. The molecule has 8 nitrogen and oxygen atoms in total. The lowest BCUT2D eigenvalue weighted by Crippen LogP contribution is -2.35. The Bertz CT molecular complexity index is 734. The average Bonchev–Trinajstić information content (AvgIpc) is 3.30. The Morgan fingerprint density at radius 1 is 1.00 bits per heavy atom. The summed E-state index contributed by atoms with van der Waals surface area (Å²) in [5, 5.41) is 13.1.